The second-order valence-corrected chi connectivity index (χ2v) is 8.20. The zero-order valence-corrected chi connectivity index (χ0v) is 18.1. The fourth-order valence-electron chi connectivity index (χ4n) is 4.00. The molecule has 1 unspecified atom stereocenters. The van der Waals surface area contributed by atoms with E-state index in [-0.39, 0.29) is 18.0 Å². The normalized spacial score (nSPS) is 20.6. The first kappa shape index (κ1) is 21.5. The third kappa shape index (κ3) is 5.15. The SMILES string of the molecule is COC1C[C@H](C(=O)Nc2cnc3c(c2)CCNCC3)N(C(=O)Nc2ccc(Cl)cc2)C1. The van der Waals surface area contributed by atoms with Gasteiger partial charge in [0.1, 0.15) is 6.04 Å². The molecule has 8 nitrogen and oxygen atoms in total. The molecule has 0 aliphatic carbocycles. The molecule has 1 aromatic carbocycles. The van der Waals surface area contributed by atoms with Gasteiger partial charge in [0.15, 0.2) is 0 Å². The Morgan fingerprint density at radius 2 is 1.94 bits per heavy atom. The maximum absolute atomic E-state index is 13.1. The van der Waals surface area contributed by atoms with Gasteiger partial charge in [0, 0.05) is 49.4 Å². The molecule has 0 saturated carbocycles. The number of methoxy groups -OCH3 is 1. The zero-order chi connectivity index (χ0) is 21.8. The van der Waals surface area contributed by atoms with Crippen LogP contribution in [0.2, 0.25) is 5.02 Å². The number of likely N-dealkylation sites (tertiary alicyclic amines) is 1. The minimum Gasteiger partial charge on any atom is -0.380 e. The van der Waals surface area contributed by atoms with E-state index in [1.165, 1.54) is 4.90 Å². The molecule has 0 bridgehead atoms. The van der Waals surface area contributed by atoms with Crippen molar-refractivity contribution in [2.45, 2.75) is 31.4 Å². The number of benzene rings is 1. The van der Waals surface area contributed by atoms with Gasteiger partial charge in [-0.3, -0.25) is 9.78 Å². The monoisotopic (exact) mass is 443 g/mol. The lowest BCUT2D eigenvalue weighted by molar-refractivity contribution is -0.119. The lowest BCUT2D eigenvalue weighted by Crippen LogP contribution is -2.45. The number of urea groups is 1. The molecule has 164 valence electrons. The first-order chi connectivity index (χ1) is 15.0. The van der Waals surface area contributed by atoms with E-state index in [4.69, 9.17) is 16.3 Å². The van der Waals surface area contributed by atoms with Crippen LogP contribution in [0.25, 0.3) is 0 Å². The molecule has 3 N–H and O–H groups in total. The Morgan fingerprint density at radius 3 is 2.71 bits per heavy atom. The minimum atomic E-state index is -0.641. The van der Waals surface area contributed by atoms with Gasteiger partial charge in [-0.05, 0) is 48.9 Å². The van der Waals surface area contributed by atoms with E-state index in [9.17, 15) is 9.59 Å². The van der Waals surface area contributed by atoms with E-state index in [2.05, 4.69) is 20.9 Å². The van der Waals surface area contributed by atoms with Crippen molar-refractivity contribution in [3.8, 4) is 0 Å². The number of ether oxygens (including phenoxy) is 1. The van der Waals surface area contributed by atoms with E-state index >= 15 is 0 Å². The quantitative estimate of drug-likeness (QED) is 0.675. The predicted octanol–water partition coefficient (Wildman–Crippen LogP) is 2.68. The number of halogens is 1. The molecule has 3 heterocycles. The summed E-state index contributed by atoms with van der Waals surface area (Å²) in [6.07, 6.45) is 3.65. The standard InChI is InChI=1S/C22H26ClN5O3/c1-31-18-11-20(28(13-18)22(30)27-16-4-2-15(23)3-5-16)21(29)26-17-10-14-6-8-24-9-7-19(14)25-12-17/h2-5,10,12,18,20,24H,6-9,11,13H2,1H3,(H,26,29)(H,27,30)/t18?,20-/m1/s1. The first-order valence-electron chi connectivity index (χ1n) is 10.4. The highest BCUT2D eigenvalue weighted by Crippen LogP contribution is 2.24. The average Bonchev–Trinajstić information content (AvgIpc) is 3.08. The van der Waals surface area contributed by atoms with Crippen LogP contribution in [0.15, 0.2) is 36.5 Å². The predicted molar refractivity (Wildman–Crippen MR) is 120 cm³/mol. The second kappa shape index (κ2) is 9.64. The summed E-state index contributed by atoms with van der Waals surface area (Å²) < 4.78 is 5.44. The van der Waals surface area contributed by atoms with Crippen LogP contribution in [0, 0.1) is 0 Å². The minimum absolute atomic E-state index is 0.206. The van der Waals surface area contributed by atoms with Gasteiger partial charge in [-0.2, -0.15) is 0 Å². The molecule has 0 radical (unpaired) electrons. The Labute approximate surface area is 186 Å². The maximum atomic E-state index is 13.1. The third-order valence-electron chi connectivity index (χ3n) is 5.69. The summed E-state index contributed by atoms with van der Waals surface area (Å²) in [6.45, 7) is 2.13. The number of fused-ring (bicyclic) bond motifs is 1. The van der Waals surface area contributed by atoms with Crippen molar-refractivity contribution < 1.29 is 14.3 Å². The van der Waals surface area contributed by atoms with Gasteiger partial charge in [0.25, 0.3) is 0 Å². The highest BCUT2D eigenvalue weighted by Gasteiger charge is 2.40. The molecule has 2 aliphatic rings. The number of hydrogen-bond acceptors (Lipinski definition) is 5. The van der Waals surface area contributed by atoms with E-state index in [1.54, 1.807) is 37.6 Å². The second-order valence-electron chi connectivity index (χ2n) is 7.77. The molecule has 2 atom stereocenters. The Bertz CT molecular complexity index is 953. The number of hydrogen-bond donors (Lipinski definition) is 3. The number of pyridine rings is 1. The zero-order valence-electron chi connectivity index (χ0n) is 17.4. The molecule has 1 fully saturated rings. The van der Waals surface area contributed by atoms with E-state index in [1.807, 2.05) is 6.07 Å². The van der Waals surface area contributed by atoms with Crippen molar-refractivity contribution in [1.82, 2.24) is 15.2 Å². The Hall–Kier alpha value is -2.68. The number of nitrogens with one attached hydrogen (secondary N) is 3. The molecule has 2 aromatic rings. The van der Waals surface area contributed by atoms with E-state index in [0.29, 0.717) is 29.4 Å². The number of carbonyl (C=O) groups is 2. The van der Waals surface area contributed by atoms with Crippen molar-refractivity contribution in [2.24, 2.45) is 0 Å². The molecule has 1 saturated heterocycles. The Kier molecular flexibility index (Phi) is 6.70. The van der Waals surface area contributed by atoms with Crippen molar-refractivity contribution in [2.75, 3.05) is 37.4 Å². The molecular weight excluding hydrogens is 418 g/mol. The number of nitrogens with zero attached hydrogens (tertiary/aromatic N) is 2. The lowest BCUT2D eigenvalue weighted by atomic mass is 10.1. The van der Waals surface area contributed by atoms with Crippen LogP contribution < -0.4 is 16.0 Å². The molecule has 4 rings (SSSR count). The van der Waals surface area contributed by atoms with Crippen LogP contribution in [-0.2, 0) is 22.4 Å². The van der Waals surface area contributed by atoms with Crippen molar-refractivity contribution in [3.63, 3.8) is 0 Å². The van der Waals surface area contributed by atoms with Gasteiger partial charge in [-0.1, -0.05) is 11.6 Å². The topological polar surface area (TPSA) is 95.6 Å². The highest BCUT2D eigenvalue weighted by atomic mass is 35.5. The molecule has 3 amide bonds. The Morgan fingerprint density at radius 1 is 1.16 bits per heavy atom. The smallest absolute Gasteiger partial charge is 0.322 e. The van der Waals surface area contributed by atoms with Gasteiger partial charge < -0.3 is 25.6 Å². The van der Waals surface area contributed by atoms with Crippen LogP contribution in [0.5, 0.6) is 0 Å². The molecule has 0 spiro atoms. The molecule has 2 aliphatic heterocycles. The van der Waals surface area contributed by atoms with Gasteiger partial charge in [-0.25, -0.2) is 4.79 Å². The van der Waals surface area contributed by atoms with Crippen LogP contribution in [0.1, 0.15) is 17.7 Å². The van der Waals surface area contributed by atoms with Gasteiger partial charge >= 0.3 is 6.03 Å². The molecule has 31 heavy (non-hydrogen) atoms. The van der Waals surface area contributed by atoms with E-state index < -0.39 is 6.04 Å². The fraction of sp³-hybridized carbons (Fsp3) is 0.409. The van der Waals surface area contributed by atoms with Crippen LogP contribution >= 0.6 is 11.6 Å². The molecule has 9 heteroatoms. The van der Waals surface area contributed by atoms with Gasteiger partial charge in [0.05, 0.1) is 18.0 Å². The van der Waals surface area contributed by atoms with Gasteiger partial charge in [0.2, 0.25) is 5.91 Å². The number of rotatable bonds is 4. The van der Waals surface area contributed by atoms with Crippen LogP contribution in [0.4, 0.5) is 16.2 Å². The van der Waals surface area contributed by atoms with Crippen molar-refractivity contribution in [1.29, 1.82) is 0 Å². The first-order valence-corrected chi connectivity index (χ1v) is 10.8. The third-order valence-corrected chi connectivity index (χ3v) is 5.94. The largest absolute Gasteiger partial charge is 0.380 e. The number of aromatic nitrogens is 1. The number of anilines is 2. The lowest BCUT2D eigenvalue weighted by Gasteiger charge is -2.24. The average molecular weight is 444 g/mol. The Balaban J connectivity index is 1.46. The summed E-state index contributed by atoms with van der Waals surface area (Å²) in [5, 5.41) is 9.70. The summed E-state index contributed by atoms with van der Waals surface area (Å²) in [4.78, 5) is 32.0. The van der Waals surface area contributed by atoms with Crippen LogP contribution in [-0.4, -0.2) is 60.7 Å². The van der Waals surface area contributed by atoms with Crippen molar-refractivity contribution in [3.05, 3.63) is 52.8 Å². The molecular formula is C22H26ClN5O3. The fourth-order valence-corrected chi connectivity index (χ4v) is 4.12. The summed E-state index contributed by atoms with van der Waals surface area (Å²) in [7, 11) is 1.59. The van der Waals surface area contributed by atoms with Crippen molar-refractivity contribution >= 4 is 34.9 Å². The number of amides is 3. The summed E-state index contributed by atoms with van der Waals surface area (Å²) >= 11 is 5.91. The maximum Gasteiger partial charge on any atom is 0.322 e. The summed E-state index contributed by atoms with van der Waals surface area (Å²) in [5.41, 5.74) is 3.45. The van der Waals surface area contributed by atoms with Gasteiger partial charge in [-0.15, -0.1) is 0 Å². The van der Waals surface area contributed by atoms with Crippen LogP contribution in [0.3, 0.4) is 0 Å². The number of carbonyl (C=O) groups excluding carboxylic acids is 2. The molecule has 1 aromatic heterocycles. The summed E-state index contributed by atoms with van der Waals surface area (Å²) in [6, 6.07) is 7.82. The highest BCUT2D eigenvalue weighted by molar-refractivity contribution is 6.30. The van der Waals surface area contributed by atoms with E-state index in [0.717, 1.165) is 37.2 Å². The summed E-state index contributed by atoms with van der Waals surface area (Å²) in [5.74, 6) is -0.251.